The molecule has 4 aromatic rings. The van der Waals surface area contributed by atoms with Gasteiger partial charge in [-0.3, -0.25) is 4.67 Å². The molecule has 0 saturated carbocycles. The summed E-state index contributed by atoms with van der Waals surface area (Å²) >= 11 is 12.3. The molecule has 0 aliphatic rings. The molecule has 0 amide bonds. The maximum atomic E-state index is 10.2. The Kier molecular flexibility index (Phi) is 74.1. The number of benzene rings is 4. The molecule has 0 aliphatic heterocycles. The topological polar surface area (TPSA) is 252 Å². The molecule has 23 heteroatoms. The lowest BCUT2D eigenvalue weighted by molar-refractivity contribution is 0.167. The van der Waals surface area contributed by atoms with Crippen molar-refractivity contribution in [3.8, 4) is 0 Å². The second kappa shape index (κ2) is 70.4. The van der Waals surface area contributed by atoms with Gasteiger partial charge in [-0.15, -0.1) is 18.5 Å². The summed E-state index contributed by atoms with van der Waals surface area (Å²) in [5.74, 6) is 0. The Bertz CT molecular complexity index is 1770. The van der Waals surface area contributed by atoms with E-state index in [-0.39, 0.29) is 84.5 Å². The molecule has 0 aliphatic carbocycles. The van der Waals surface area contributed by atoms with Crippen LogP contribution in [0.3, 0.4) is 0 Å². The highest BCUT2D eigenvalue weighted by molar-refractivity contribution is 8.06. The number of aliphatic hydroxyl groups is 9. The molecule has 72 heavy (non-hydrogen) atoms. The van der Waals surface area contributed by atoms with Gasteiger partial charge < -0.3 is 65.9 Å². The number of ether oxygens (including phenoxy) is 1. The van der Waals surface area contributed by atoms with Gasteiger partial charge in [0.05, 0.1) is 46.2 Å². The summed E-state index contributed by atoms with van der Waals surface area (Å²) in [6, 6.07) is 30.1. The fourth-order valence-electron chi connectivity index (χ4n) is 3.81. The number of thiol groups is 2. The molecule has 0 fully saturated rings. The Morgan fingerprint density at radius 2 is 0.792 bits per heavy atom. The fourth-order valence-corrected chi connectivity index (χ4v) is 3.86. The van der Waals surface area contributed by atoms with Crippen LogP contribution in [0.5, 0.6) is 0 Å². The van der Waals surface area contributed by atoms with Crippen LogP contribution in [-0.2, 0) is 57.6 Å². The van der Waals surface area contributed by atoms with Crippen LogP contribution in [0.4, 0.5) is 4.79 Å². The first-order chi connectivity index (χ1) is 35.7. The summed E-state index contributed by atoms with van der Waals surface area (Å²) < 4.78 is 32.7. The quantitative estimate of drug-likeness (QED) is 0.0200. The first-order valence-electron chi connectivity index (χ1n) is 23.8. The van der Waals surface area contributed by atoms with Gasteiger partial charge in [-0.1, -0.05) is 133 Å². The van der Waals surface area contributed by atoms with Gasteiger partial charge in [0.25, 0.3) is 0 Å². The lowest BCUT2D eigenvalue weighted by Gasteiger charge is -2.24. The number of rotatable bonds is 15. The van der Waals surface area contributed by atoms with Gasteiger partial charge in [-0.05, 0) is 74.9 Å². The molecule has 0 bridgehead atoms. The molecule has 4 rings (SSSR count). The van der Waals surface area contributed by atoms with Crippen molar-refractivity contribution in [2.24, 2.45) is 0 Å². The lowest BCUT2D eigenvalue weighted by Crippen LogP contribution is -2.26. The number of hydrogen-bond acceptors (Lipinski definition) is 14. The first-order valence-corrected chi connectivity index (χ1v) is 26.0. The molecule has 0 radical (unpaired) electrons. The van der Waals surface area contributed by atoms with Crippen LogP contribution in [0.15, 0.2) is 97.1 Å². The summed E-state index contributed by atoms with van der Waals surface area (Å²) in [6.45, 7) is 29.1. The summed E-state index contributed by atoms with van der Waals surface area (Å²) in [4.78, 5) is 16.0. The third kappa shape index (κ3) is 63.4. The zero-order valence-corrected chi connectivity index (χ0v) is 49.2. The maximum absolute atomic E-state index is 10.2. The molecule has 11 N–H and O–H groups in total. The van der Waals surface area contributed by atoms with Crippen LogP contribution < -0.4 is 0 Å². The summed E-state index contributed by atoms with van der Waals surface area (Å²) in [5, 5.41) is 67.5. The molecular weight excluding hydrogens is 1040 g/mol. The van der Waals surface area contributed by atoms with Crippen LogP contribution in [0, 0.1) is 13.1 Å². The van der Waals surface area contributed by atoms with Crippen molar-refractivity contribution < 1.29 is 61.0 Å². The third-order valence-corrected chi connectivity index (χ3v) is 8.61. The normalized spacial score (nSPS) is 9.36. The number of nitrogens with zero attached hydrogens (tertiary/aromatic N) is 3. The molecule has 0 spiro atoms. The Balaban J connectivity index is -0.000000116. The first kappa shape index (κ1) is 75.8. The predicted molar refractivity (Wildman–Crippen MR) is 321 cm³/mol. The molecule has 0 heterocycles. The molecule has 0 saturated heterocycles. The van der Waals surface area contributed by atoms with E-state index in [1.54, 1.807) is 62.2 Å². The van der Waals surface area contributed by atoms with Gasteiger partial charge in [0.2, 0.25) is 16.0 Å². The third-order valence-electron chi connectivity index (χ3n) is 7.31. The highest BCUT2D eigenvalue weighted by atomic mass is 35.5. The summed E-state index contributed by atoms with van der Waals surface area (Å²) in [7, 11) is 7.56. The van der Waals surface area contributed by atoms with E-state index in [0.29, 0.717) is 25.3 Å². The largest absolute Gasteiger partial charge is 0.449 e. The summed E-state index contributed by atoms with van der Waals surface area (Å²) in [5.41, 5.74) is 6.22. The molecule has 3 unspecified atom stereocenters. The minimum Gasteiger partial charge on any atom is -0.449 e. The van der Waals surface area contributed by atoms with Crippen molar-refractivity contribution in [1.82, 2.24) is 4.67 Å². The number of aliphatic hydroxyl groups excluding tert-OH is 9. The number of halogens is 1. The van der Waals surface area contributed by atoms with Crippen LogP contribution in [0.25, 0.3) is 9.69 Å². The van der Waals surface area contributed by atoms with Crippen LogP contribution in [0.2, 0.25) is 13.6 Å². The van der Waals surface area contributed by atoms with Crippen molar-refractivity contribution in [2.75, 3.05) is 39.6 Å². The van der Waals surface area contributed by atoms with Crippen LogP contribution >= 0.6 is 64.4 Å². The van der Waals surface area contributed by atoms with E-state index in [1.807, 2.05) is 61.9 Å². The Hall–Kier alpha value is -2.70. The van der Waals surface area contributed by atoms with Crippen LogP contribution in [0.1, 0.15) is 72.2 Å². The smallest absolute Gasteiger partial charge is 0.404 e. The maximum Gasteiger partial charge on any atom is 0.404 e. The van der Waals surface area contributed by atoms with Crippen molar-refractivity contribution in [1.29, 1.82) is 5.53 Å². The molecular formula is C49H87B2ClN3O12P3S2. The van der Waals surface area contributed by atoms with Gasteiger partial charge in [-0.2, -0.15) is 0 Å². The van der Waals surface area contributed by atoms with Gasteiger partial charge in [0.1, 0.15) is 19.8 Å². The van der Waals surface area contributed by atoms with Gasteiger partial charge >= 0.3 is 5.43 Å². The molecule has 0 aromatic heterocycles. The van der Waals surface area contributed by atoms with E-state index in [1.165, 1.54) is 0 Å². The second-order valence-corrected chi connectivity index (χ2v) is 15.2. The van der Waals surface area contributed by atoms with Crippen molar-refractivity contribution in [2.45, 2.75) is 106 Å². The van der Waals surface area contributed by atoms with Crippen molar-refractivity contribution in [3.63, 3.8) is 0 Å². The van der Waals surface area contributed by atoms with Gasteiger partial charge in [0, 0.05) is 23.7 Å². The standard InChI is InChI=1S/C9H9ClO3.3C8H10O2.C6H16NP.2C3H5NO.2CH5BS.2CH5P.H2O/c10-9(12)13-6-8-3-1-7(5-11)2-4-8;3*9-5-7-1-2-8(6-10)4-3-7;1-5(2)7(8)6(3)4;2*1-4-2-3-5;2*1-2-3;2*1-2;/h1-4,11H,5-6H2;3*1-4,9-10H,5-6H2;5-6H,8H2,1-4H3;2*5H,2-3H2;2*2-3H,1H3;2*2H2,1H3;1H2/i;2*9T;;;;;2*2D;;;. The highest BCUT2D eigenvalue weighted by Crippen LogP contribution is 2.10. The van der Waals surface area contributed by atoms with Crippen LogP contribution in [-0.4, -0.2) is 132 Å². The lowest BCUT2D eigenvalue weighted by atomic mass is 10.1. The highest BCUT2D eigenvalue weighted by Gasteiger charge is 2.05. The Morgan fingerprint density at radius 1 is 0.597 bits per heavy atom. The van der Waals surface area contributed by atoms with Crippen molar-refractivity contribution >= 4 is 82.9 Å². The minimum atomic E-state index is -0.814. The average molecular weight is 1130 g/mol. The zero-order valence-electron chi connectivity index (χ0n) is 47.1. The van der Waals surface area contributed by atoms with E-state index < -0.39 is 5.43 Å². The predicted octanol–water partition coefficient (Wildman–Crippen LogP) is 6.55. The van der Waals surface area contributed by atoms with Crippen molar-refractivity contribution in [3.05, 3.63) is 164 Å². The van der Waals surface area contributed by atoms with E-state index in [4.69, 9.17) is 66.0 Å². The fraction of sp³-hybridized carbons (Fsp3) is 0.449. The molecule has 410 valence electrons. The number of carbonyl (C=O) groups is 1. The minimum absolute atomic E-state index is 0. The van der Waals surface area contributed by atoms with E-state index in [9.17, 15) is 4.79 Å². The number of hydrogen-bond donors (Lipinski definition) is 11. The zero-order chi connectivity index (χ0) is 59.4. The second-order valence-electron chi connectivity index (χ2n) is 13.2. The Morgan fingerprint density at radius 3 is 0.903 bits per heavy atom. The summed E-state index contributed by atoms with van der Waals surface area (Å²) in [6.07, 6.45) is 0. The monoisotopic (exact) mass is 1130 g/mol. The van der Waals surface area contributed by atoms with E-state index in [2.05, 4.69) is 110 Å². The van der Waals surface area contributed by atoms with Gasteiger partial charge in [-0.25, -0.2) is 42.9 Å². The number of carbonyl (C=O) groups excluding carboxylic acids is 1. The molecule has 4 aromatic carbocycles. The van der Waals surface area contributed by atoms with E-state index in [0.717, 1.165) is 44.5 Å². The molecule has 3 atom stereocenters. The molecule has 15 nitrogen and oxygen atoms in total. The SMILES string of the molecule is CC(C)N(P)C(C)C.CP.CP.O.O=C(Cl)OCc1ccc(CO)cc1.OCc1ccc(CO)cc1.[2H]B(C)S.[2H]B(C)S.[3H]OCc1ccc(CO)cc1.[3H]OCc1ccc(CO)cc1.[C-]#[N+]CCO.[C-]#[N+]CCO. The Labute approximate surface area is 462 Å². The average Bonchev–Trinajstić information content (AvgIpc) is 3.41. The van der Waals surface area contributed by atoms with E-state index >= 15 is 0 Å². The van der Waals surface area contributed by atoms with Gasteiger partial charge in [0.15, 0.2) is 13.0 Å².